The predicted octanol–water partition coefficient (Wildman–Crippen LogP) is 4.11. The molecule has 24 heavy (non-hydrogen) atoms. The molecule has 0 aliphatic carbocycles. The number of benzene rings is 2. The van der Waals surface area contributed by atoms with Crippen LogP contribution >= 0.6 is 15.9 Å². The van der Waals surface area contributed by atoms with Crippen LogP contribution in [0.5, 0.6) is 5.75 Å². The van der Waals surface area contributed by atoms with Gasteiger partial charge in [0.05, 0.1) is 36.0 Å². The van der Waals surface area contributed by atoms with Crippen LogP contribution in [0.3, 0.4) is 0 Å². The van der Waals surface area contributed by atoms with E-state index in [0.717, 1.165) is 11.6 Å². The second-order valence-corrected chi connectivity index (χ2v) is 5.83. The number of hydrogen-bond acceptors (Lipinski definition) is 4. The maximum absolute atomic E-state index is 14.6. The van der Waals surface area contributed by atoms with Crippen molar-refractivity contribution in [1.29, 1.82) is 0 Å². The van der Waals surface area contributed by atoms with Crippen molar-refractivity contribution in [3.8, 4) is 11.4 Å². The number of aromatic nitrogens is 2. The van der Waals surface area contributed by atoms with Gasteiger partial charge in [-0.05, 0) is 47.1 Å². The van der Waals surface area contributed by atoms with Crippen LogP contribution in [-0.4, -0.2) is 29.2 Å². The molecular weight excluding hydrogens is 379 g/mol. The van der Waals surface area contributed by atoms with Crippen molar-refractivity contribution in [1.82, 2.24) is 9.55 Å². The van der Waals surface area contributed by atoms with Gasteiger partial charge in [0.15, 0.2) is 0 Å². The van der Waals surface area contributed by atoms with E-state index in [1.807, 2.05) is 0 Å². The molecule has 0 saturated heterocycles. The Hall–Kier alpha value is -2.41. The summed E-state index contributed by atoms with van der Waals surface area (Å²) in [4.78, 5) is 16.1. The number of rotatable bonds is 4. The Morgan fingerprint density at radius 2 is 2.12 bits per heavy atom. The van der Waals surface area contributed by atoms with Crippen LogP contribution in [0, 0.1) is 5.82 Å². The molecule has 0 radical (unpaired) electrons. The van der Waals surface area contributed by atoms with E-state index >= 15 is 0 Å². The number of halogens is 2. The first kappa shape index (κ1) is 16.4. The van der Waals surface area contributed by atoms with Gasteiger partial charge in [0, 0.05) is 10.5 Å². The highest BCUT2D eigenvalue weighted by Gasteiger charge is 2.17. The summed E-state index contributed by atoms with van der Waals surface area (Å²) in [5, 5.41) is 0. The summed E-state index contributed by atoms with van der Waals surface area (Å²) < 4.78 is 26.7. The minimum absolute atomic E-state index is 0.143. The van der Waals surface area contributed by atoms with Gasteiger partial charge in [-0.1, -0.05) is 0 Å². The largest absolute Gasteiger partial charge is 0.497 e. The van der Waals surface area contributed by atoms with Crippen molar-refractivity contribution in [3.05, 3.63) is 52.5 Å². The molecule has 0 atom stereocenters. The highest BCUT2D eigenvalue weighted by Crippen LogP contribution is 2.28. The molecular formula is C17H14BrFN2O3. The first-order valence-electron chi connectivity index (χ1n) is 7.22. The molecule has 0 unspecified atom stereocenters. The van der Waals surface area contributed by atoms with E-state index < -0.39 is 11.8 Å². The van der Waals surface area contributed by atoms with E-state index in [1.54, 1.807) is 36.8 Å². The predicted molar refractivity (Wildman–Crippen MR) is 91.2 cm³/mol. The average molecular weight is 393 g/mol. The van der Waals surface area contributed by atoms with Gasteiger partial charge in [-0.25, -0.2) is 14.2 Å². The number of ether oxygens (including phenoxy) is 2. The molecule has 124 valence electrons. The number of fused-ring (bicyclic) bond motifs is 1. The Balaban J connectivity index is 2.10. The standard InChI is InChI=1S/C17H14BrFN2O3/c1-3-24-17(22)11-7-13(19)16(8-12(11)18)21-9-20-14-6-10(23-2)4-5-15(14)21/h4-9H,3H2,1-2H3. The molecule has 0 saturated carbocycles. The Morgan fingerprint density at radius 3 is 2.83 bits per heavy atom. The van der Waals surface area contributed by atoms with Crippen molar-refractivity contribution in [2.24, 2.45) is 0 Å². The van der Waals surface area contributed by atoms with Crippen molar-refractivity contribution < 1.29 is 18.7 Å². The van der Waals surface area contributed by atoms with E-state index in [-0.39, 0.29) is 17.9 Å². The van der Waals surface area contributed by atoms with E-state index in [1.165, 1.54) is 12.4 Å². The summed E-state index contributed by atoms with van der Waals surface area (Å²) in [7, 11) is 1.57. The lowest BCUT2D eigenvalue weighted by Gasteiger charge is -2.10. The van der Waals surface area contributed by atoms with Crippen LogP contribution in [0.25, 0.3) is 16.7 Å². The van der Waals surface area contributed by atoms with Crippen molar-refractivity contribution in [3.63, 3.8) is 0 Å². The van der Waals surface area contributed by atoms with Crippen molar-refractivity contribution in [2.75, 3.05) is 13.7 Å². The number of esters is 1. The SMILES string of the molecule is CCOC(=O)c1cc(F)c(-n2cnc3cc(OC)ccc32)cc1Br. The molecule has 2 aromatic carbocycles. The molecule has 0 aliphatic heterocycles. The number of carbonyl (C=O) groups excluding carboxylic acids is 1. The topological polar surface area (TPSA) is 53.4 Å². The first-order chi connectivity index (χ1) is 11.5. The molecule has 0 bridgehead atoms. The maximum Gasteiger partial charge on any atom is 0.339 e. The maximum atomic E-state index is 14.6. The highest BCUT2D eigenvalue weighted by molar-refractivity contribution is 9.10. The van der Waals surface area contributed by atoms with Gasteiger partial charge < -0.3 is 9.47 Å². The van der Waals surface area contributed by atoms with Gasteiger partial charge in [0.2, 0.25) is 0 Å². The third-order valence-electron chi connectivity index (χ3n) is 3.55. The Labute approximate surface area is 146 Å². The summed E-state index contributed by atoms with van der Waals surface area (Å²) in [6, 6.07) is 8.04. The van der Waals surface area contributed by atoms with E-state index in [2.05, 4.69) is 20.9 Å². The third-order valence-corrected chi connectivity index (χ3v) is 4.20. The summed E-state index contributed by atoms with van der Waals surface area (Å²) in [5.41, 5.74) is 1.83. The van der Waals surface area contributed by atoms with Crippen LogP contribution < -0.4 is 4.74 Å². The molecule has 3 rings (SSSR count). The number of nitrogens with zero attached hydrogens (tertiary/aromatic N) is 2. The third kappa shape index (κ3) is 2.87. The lowest BCUT2D eigenvalue weighted by atomic mass is 10.2. The van der Waals surface area contributed by atoms with Crippen LogP contribution in [0.1, 0.15) is 17.3 Å². The second-order valence-electron chi connectivity index (χ2n) is 4.97. The Bertz CT molecular complexity index is 924. The Morgan fingerprint density at radius 1 is 1.33 bits per heavy atom. The lowest BCUT2D eigenvalue weighted by molar-refractivity contribution is 0.0524. The van der Waals surface area contributed by atoms with Crippen molar-refractivity contribution in [2.45, 2.75) is 6.92 Å². The molecule has 5 nitrogen and oxygen atoms in total. The fraction of sp³-hybridized carbons (Fsp3) is 0.176. The minimum atomic E-state index is -0.574. The zero-order chi connectivity index (χ0) is 17.3. The summed E-state index contributed by atoms with van der Waals surface area (Å²) in [6.45, 7) is 1.92. The van der Waals surface area contributed by atoms with E-state index in [4.69, 9.17) is 9.47 Å². The molecule has 7 heteroatoms. The molecule has 1 aromatic heterocycles. The molecule has 0 aliphatic rings. The van der Waals surface area contributed by atoms with E-state index in [9.17, 15) is 9.18 Å². The number of methoxy groups -OCH3 is 1. The molecule has 0 N–H and O–H groups in total. The molecule has 0 spiro atoms. The number of imidazole rings is 1. The number of hydrogen-bond donors (Lipinski definition) is 0. The van der Waals surface area contributed by atoms with Gasteiger partial charge >= 0.3 is 5.97 Å². The number of carbonyl (C=O) groups is 1. The fourth-order valence-electron chi connectivity index (χ4n) is 2.40. The van der Waals surface area contributed by atoms with Gasteiger partial charge in [-0.2, -0.15) is 0 Å². The lowest BCUT2D eigenvalue weighted by Crippen LogP contribution is -2.07. The van der Waals surface area contributed by atoms with Gasteiger partial charge in [0.1, 0.15) is 17.9 Å². The second kappa shape index (κ2) is 6.60. The average Bonchev–Trinajstić information content (AvgIpc) is 2.99. The monoisotopic (exact) mass is 392 g/mol. The molecule has 1 heterocycles. The quantitative estimate of drug-likeness (QED) is 0.626. The zero-order valence-corrected chi connectivity index (χ0v) is 14.6. The van der Waals surface area contributed by atoms with Crippen molar-refractivity contribution >= 4 is 32.9 Å². The van der Waals surface area contributed by atoms with Gasteiger partial charge in [-0.3, -0.25) is 4.57 Å². The van der Waals surface area contributed by atoms with E-state index in [0.29, 0.717) is 15.7 Å². The Kier molecular flexibility index (Phi) is 4.53. The smallest absolute Gasteiger partial charge is 0.339 e. The normalized spacial score (nSPS) is 10.8. The zero-order valence-electron chi connectivity index (χ0n) is 13.0. The minimum Gasteiger partial charge on any atom is -0.497 e. The molecule has 3 aromatic rings. The highest BCUT2D eigenvalue weighted by atomic mass is 79.9. The molecule has 0 fully saturated rings. The van der Waals surface area contributed by atoms with Gasteiger partial charge in [-0.15, -0.1) is 0 Å². The fourth-order valence-corrected chi connectivity index (χ4v) is 2.89. The summed E-state index contributed by atoms with van der Waals surface area (Å²) in [5.74, 6) is -0.446. The van der Waals surface area contributed by atoms with Crippen LogP contribution in [0.4, 0.5) is 4.39 Å². The first-order valence-corrected chi connectivity index (χ1v) is 8.02. The van der Waals surface area contributed by atoms with Crippen LogP contribution in [0.2, 0.25) is 0 Å². The van der Waals surface area contributed by atoms with Crippen LogP contribution in [-0.2, 0) is 4.74 Å². The van der Waals surface area contributed by atoms with Crippen LogP contribution in [0.15, 0.2) is 41.1 Å². The van der Waals surface area contributed by atoms with Gasteiger partial charge in [0.25, 0.3) is 0 Å². The molecule has 0 amide bonds. The summed E-state index contributed by atoms with van der Waals surface area (Å²) >= 11 is 3.30. The summed E-state index contributed by atoms with van der Waals surface area (Å²) in [6.07, 6.45) is 1.53.